The summed E-state index contributed by atoms with van der Waals surface area (Å²) >= 11 is 0. The molecule has 4 N–H and O–H groups in total. The molecule has 8 aromatic carbocycles. The zero-order chi connectivity index (χ0) is 42.1. The van der Waals surface area contributed by atoms with Gasteiger partial charge in [0, 0.05) is 85.8 Å². The van der Waals surface area contributed by atoms with Crippen LogP contribution in [-0.2, 0) is 20.4 Å². The van der Waals surface area contributed by atoms with Crippen molar-refractivity contribution in [2.45, 2.75) is 0 Å². The van der Waals surface area contributed by atoms with Crippen LogP contribution in [0.3, 0.4) is 0 Å². The molecule has 0 spiro atoms. The molecule has 310 valence electrons. The van der Waals surface area contributed by atoms with E-state index >= 15 is 0 Å². The van der Waals surface area contributed by atoms with Gasteiger partial charge in [-0.15, -0.1) is 0 Å². The van der Waals surface area contributed by atoms with Gasteiger partial charge < -0.3 is 19.9 Å². The normalized spacial score (nSPS) is 12.7. The first-order valence-corrected chi connectivity index (χ1v) is 22.0. The molecule has 1 aliphatic carbocycles. The van der Waals surface area contributed by atoms with Crippen LogP contribution in [-0.4, -0.2) is 19.9 Å². The van der Waals surface area contributed by atoms with Crippen molar-refractivity contribution in [3.8, 4) is 0 Å². The van der Waals surface area contributed by atoms with Crippen LogP contribution in [0.5, 0.6) is 0 Å². The molecule has 12 aromatic rings. The molecule has 0 atom stereocenters. The second-order valence-corrected chi connectivity index (χ2v) is 16.6. The minimum absolute atomic E-state index is 0. The fraction of sp³-hybridized carbons (Fsp3) is 0. The summed E-state index contributed by atoms with van der Waals surface area (Å²) in [5, 5.41) is 13.4. The summed E-state index contributed by atoms with van der Waals surface area (Å²) in [6.45, 7) is 0. The molecule has 0 fully saturated rings. The van der Waals surface area contributed by atoms with Crippen molar-refractivity contribution in [3.05, 3.63) is 285 Å². The van der Waals surface area contributed by atoms with Crippen molar-refractivity contribution in [1.29, 1.82) is 0 Å². The molecule has 1 aliphatic rings. The molecular formula is C60H40N4Pd. The molecular weight excluding hydrogens is 883 g/mol. The first-order valence-electron chi connectivity index (χ1n) is 22.0. The van der Waals surface area contributed by atoms with Crippen LogP contribution in [0.2, 0.25) is 0 Å². The Labute approximate surface area is 388 Å². The summed E-state index contributed by atoms with van der Waals surface area (Å²) in [4.78, 5) is 16.7. The van der Waals surface area contributed by atoms with Gasteiger partial charge in [0.1, 0.15) is 0 Å². The standard InChI is InChI=1S/C60H40N4.Pd/c1-5-21-37(22-6-1)49-53-41-29-13-15-31-43(41)55(61-53)50(38-23-7-2-8-24-38)57-45-33-17-19-35-47(45)59(63-57)52(40-27-11-4-12-28-40)60-48-36-20-18-34-46(48)58(64-60)51(39-25-9-3-10-26-39)56-44-32-16-14-30-42(44)54(49)62-56;/h1-36,61-64H;. The number of aromatic amines is 4. The van der Waals surface area contributed by atoms with Gasteiger partial charge in [0.25, 0.3) is 0 Å². The summed E-state index contributed by atoms with van der Waals surface area (Å²) in [5.74, 6) is 0. The third-order valence-corrected chi connectivity index (χ3v) is 13.1. The number of hydrogen-bond acceptors (Lipinski definition) is 0. The molecule has 4 nitrogen and oxygen atoms in total. The maximum Gasteiger partial charge on any atom is 0.0566 e. The van der Waals surface area contributed by atoms with Crippen LogP contribution >= 0.6 is 0 Å². The number of H-pyrrole nitrogens is 4. The molecule has 0 saturated heterocycles. The number of nitrogens with one attached hydrogen (secondary N) is 4. The Morgan fingerprint density at radius 2 is 0.369 bits per heavy atom. The molecule has 8 bridgehead atoms. The maximum absolute atomic E-state index is 4.18. The number of aromatic nitrogens is 4. The summed E-state index contributed by atoms with van der Waals surface area (Å²) < 4.78 is 0. The molecule has 0 amide bonds. The second kappa shape index (κ2) is 15.7. The zero-order valence-electron chi connectivity index (χ0n) is 35.1. The summed E-state index contributed by atoms with van der Waals surface area (Å²) in [5.41, 5.74) is 13.1. The van der Waals surface area contributed by atoms with E-state index < -0.39 is 0 Å². The number of hydrogen-bond donors (Lipinski definition) is 4. The Morgan fingerprint density at radius 1 is 0.185 bits per heavy atom. The van der Waals surface area contributed by atoms with E-state index in [1.807, 2.05) is 0 Å². The molecule has 4 heterocycles. The minimum atomic E-state index is 0. The van der Waals surface area contributed by atoms with Gasteiger partial charge in [-0.05, 0) is 22.3 Å². The zero-order valence-corrected chi connectivity index (χ0v) is 36.7. The predicted octanol–water partition coefficient (Wildman–Crippen LogP) is 10.9. The Hall–Kier alpha value is -7.94. The smallest absolute Gasteiger partial charge is 0.0566 e. The summed E-state index contributed by atoms with van der Waals surface area (Å²) in [6.07, 6.45) is 0. The van der Waals surface area contributed by atoms with Gasteiger partial charge >= 0.3 is 0 Å². The predicted molar refractivity (Wildman–Crippen MR) is 264 cm³/mol. The van der Waals surface area contributed by atoms with E-state index in [4.69, 9.17) is 0 Å². The van der Waals surface area contributed by atoms with E-state index in [0.717, 1.165) is 132 Å². The fourth-order valence-corrected chi connectivity index (χ4v) is 10.4. The average molecular weight is 923 g/mol. The molecule has 13 rings (SSSR count). The Kier molecular flexibility index (Phi) is 9.35. The van der Waals surface area contributed by atoms with Crippen molar-refractivity contribution < 1.29 is 20.4 Å². The van der Waals surface area contributed by atoms with Crippen molar-refractivity contribution in [2.75, 3.05) is 0 Å². The van der Waals surface area contributed by atoms with E-state index in [0.29, 0.717) is 0 Å². The fourth-order valence-electron chi connectivity index (χ4n) is 10.4. The van der Waals surface area contributed by atoms with Gasteiger partial charge in [0.2, 0.25) is 0 Å². The van der Waals surface area contributed by atoms with E-state index in [1.54, 1.807) is 0 Å². The molecule has 0 saturated carbocycles. The van der Waals surface area contributed by atoms with E-state index in [1.165, 1.54) is 0 Å². The third kappa shape index (κ3) is 6.09. The van der Waals surface area contributed by atoms with Crippen molar-refractivity contribution in [2.24, 2.45) is 0 Å². The molecule has 5 heteroatoms. The minimum Gasteiger partial charge on any atom is -0.353 e. The third-order valence-electron chi connectivity index (χ3n) is 13.1. The Bertz CT molecular complexity index is 3520. The summed E-state index contributed by atoms with van der Waals surface area (Å²) in [7, 11) is 0. The molecule has 0 aliphatic heterocycles. The Balaban J connectivity index is 0.00000444. The number of benzene rings is 8. The molecule has 4 aromatic heterocycles. The van der Waals surface area contributed by atoms with E-state index in [-0.39, 0.29) is 20.4 Å². The van der Waals surface area contributed by atoms with Crippen molar-refractivity contribution >= 4 is 65.4 Å². The first-order chi connectivity index (χ1) is 31.8. The van der Waals surface area contributed by atoms with Crippen LogP contribution in [0.4, 0.5) is 0 Å². The van der Waals surface area contributed by atoms with Gasteiger partial charge in [0.05, 0.1) is 44.2 Å². The molecule has 65 heavy (non-hydrogen) atoms. The molecule has 0 radical (unpaired) electrons. The number of rotatable bonds is 4. The van der Waals surface area contributed by atoms with E-state index in [9.17, 15) is 0 Å². The van der Waals surface area contributed by atoms with Crippen molar-refractivity contribution in [3.63, 3.8) is 0 Å². The van der Waals surface area contributed by atoms with Crippen LogP contribution in [0.25, 0.3) is 65.4 Å². The van der Waals surface area contributed by atoms with Crippen LogP contribution in [0.15, 0.2) is 218 Å². The SMILES string of the molecule is [Pd].c1ccc(C2=c3[nH]c(c4ccccc34)=C(c3ccccc3)c3[nH]c(c4ccccc34)C(c3ccccc3)=c3[nH]c(c4ccccc34)=C(c3ccccc3)c3[nH]c2c2ccccc32)cc1. The van der Waals surface area contributed by atoms with Crippen LogP contribution in [0, 0.1) is 0 Å². The van der Waals surface area contributed by atoms with Gasteiger partial charge in [-0.1, -0.05) is 218 Å². The van der Waals surface area contributed by atoms with Crippen molar-refractivity contribution in [1.82, 2.24) is 19.9 Å². The van der Waals surface area contributed by atoms with Gasteiger partial charge in [-0.3, -0.25) is 0 Å². The van der Waals surface area contributed by atoms with Crippen LogP contribution < -0.4 is 21.4 Å². The topological polar surface area (TPSA) is 63.2 Å². The Morgan fingerprint density at radius 3 is 0.585 bits per heavy atom. The quantitative estimate of drug-likeness (QED) is 0.127. The summed E-state index contributed by atoms with van der Waals surface area (Å²) in [6, 6.07) is 78.8. The molecule has 0 unspecified atom stereocenters. The van der Waals surface area contributed by atoms with Gasteiger partial charge in [-0.2, -0.15) is 0 Å². The second-order valence-electron chi connectivity index (χ2n) is 16.6. The van der Waals surface area contributed by atoms with E-state index in [2.05, 4.69) is 238 Å². The maximum atomic E-state index is 4.18. The van der Waals surface area contributed by atoms with Crippen LogP contribution in [0.1, 0.15) is 45.0 Å². The largest absolute Gasteiger partial charge is 0.353 e. The first kappa shape index (κ1) is 38.7. The monoisotopic (exact) mass is 922 g/mol. The average Bonchev–Trinajstić information content (AvgIpc) is 4.14. The van der Waals surface area contributed by atoms with Gasteiger partial charge in [-0.25, -0.2) is 0 Å². The van der Waals surface area contributed by atoms with Gasteiger partial charge in [0.15, 0.2) is 0 Å².